The van der Waals surface area contributed by atoms with Crippen LogP contribution in [0.5, 0.6) is 0 Å². The molecule has 0 spiro atoms. The summed E-state index contributed by atoms with van der Waals surface area (Å²) >= 11 is 0. The molecule has 0 bridgehead atoms. The van der Waals surface area contributed by atoms with Crippen molar-refractivity contribution >= 4 is 0 Å². The molecule has 0 radical (unpaired) electrons. The lowest BCUT2D eigenvalue weighted by Crippen LogP contribution is -2.31. The van der Waals surface area contributed by atoms with E-state index in [1.165, 1.54) is 64.5 Å². The number of rotatable bonds is 6. The molecule has 0 aromatic rings. The third kappa shape index (κ3) is 3.48. The summed E-state index contributed by atoms with van der Waals surface area (Å²) < 4.78 is 0. The van der Waals surface area contributed by atoms with E-state index in [1.807, 2.05) is 0 Å². The van der Waals surface area contributed by atoms with Gasteiger partial charge in [-0.15, -0.1) is 0 Å². The third-order valence-corrected chi connectivity index (χ3v) is 4.72. The summed E-state index contributed by atoms with van der Waals surface area (Å²) in [6, 6.07) is 0. The van der Waals surface area contributed by atoms with Crippen LogP contribution in [0.15, 0.2) is 0 Å². The summed E-state index contributed by atoms with van der Waals surface area (Å²) in [6.07, 6.45) is 11.6. The van der Waals surface area contributed by atoms with Crippen molar-refractivity contribution in [2.24, 2.45) is 17.3 Å². The molecule has 0 aromatic heterocycles. The molecule has 2 aliphatic rings. The number of hydrogen-bond donors (Lipinski definition) is 1. The van der Waals surface area contributed by atoms with Crippen molar-refractivity contribution in [2.75, 3.05) is 13.1 Å². The molecule has 16 heavy (non-hydrogen) atoms. The van der Waals surface area contributed by atoms with Gasteiger partial charge in [0, 0.05) is 6.54 Å². The average Bonchev–Trinajstić information content (AvgIpc) is 2.99. The Bertz CT molecular complexity index is 207. The van der Waals surface area contributed by atoms with Crippen molar-refractivity contribution < 1.29 is 0 Å². The lowest BCUT2D eigenvalue weighted by atomic mass is 9.82. The van der Waals surface area contributed by atoms with Crippen molar-refractivity contribution in [1.82, 2.24) is 5.32 Å². The second kappa shape index (κ2) is 5.53. The lowest BCUT2D eigenvalue weighted by Gasteiger charge is -2.27. The molecule has 0 saturated heterocycles. The van der Waals surface area contributed by atoms with Crippen LogP contribution in [0, 0.1) is 17.3 Å². The molecule has 2 saturated carbocycles. The van der Waals surface area contributed by atoms with Gasteiger partial charge < -0.3 is 5.32 Å². The second-order valence-corrected chi connectivity index (χ2v) is 6.52. The molecular weight excluding hydrogens is 194 g/mol. The molecule has 1 N–H and O–H groups in total. The highest BCUT2D eigenvalue weighted by molar-refractivity contribution is 4.94. The van der Waals surface area contributed by atoms with Gasteiger partial charge in [-0.1, -0.05) is 33.1 Å². The second-order valence-electron chi connectivity index (χ2n) is 6.52. The van der Waals surface area contributed by atoms with Gasteiger partial charge in [-0.2, -0.15) is 0 Å². The summed E-state index contributed by atoms with van der Waals surface area (Å²) in [7, 11) is 0. The Balaban J connectivity index is 1.60. The highest BCUT2D eigenvalue weighted by atomic mass is 14.9. The third-order valence-electron chi connectivity index (χ3n) is 4.72. The molecule has 2 fully saturated rings. The standard InChI is InChI=1S/C15H29N/c1-3-7-15(8-9-15)12-16-11-14-6-4-5-13(2)10-14/h13-14,16H,3-12H2,1-2H3. The van der Waals surface area contributed by atoms with Gasteiger partial charge in [-0.05, 0) is 55.9 Å². The van der Waals surface area contributed by atoms with E-state index in [9.17, 15) is 0 Å². The molecule has 94 valence electrons. The number of nitrogens with one attached hydrogen (secondary N) is 1. The van der Waals surface area contributed by atoms with Crippen LogP contribution in [-0.4, -0.2) is 13.1 Å². The molecular formula is C15H29N. The summed E-state index contributed by atoms with van der Waals surface area (Å²) in [4.78, 5) is 0. The van der Waals surface area contributed by atoms with Crippen molar-refractivity contribution in [3.05, 3.63) is 0 Å². The van der Waals surface area contributed by atoms with Crippen molar-refractivity contribution in [3.63, 3.8) is 0 Å². The fourth-order valence-electron chi connectivity index (χ4n) is 3.51. The quantitative estimate of drug-likeness (QED) is 0.718. The summed E-state index contributed by atoms with van der Waals surface area (Å²) in [5, 5.41) is 3.76. The molecule has 0 amide bonds. The first-order chi connectivity index (χ1) is 7.74. The zero-order valence-corrected chi connectivity index (χ0v) is 11.2. The predicted molar refractivity (Wildman–Crippen MR) is 70.6 cm³/mol. The van der Waals surface area contributed by atoms with Gasteiger partial charge in [-0.3, -0.25) is 0 Å². The van der Waals surface area contributed by atoms with Crippen molar-refractivity contribution in [2.45, 2.75) is 65.2 Å². The molecule has 2 aliphatic carbocycles. The Morgan fingerprint density at radius 3 is 2.69 bits per heavy atom. The van der Waals surface area contributed by atoms with E-state index in [4.69, 9.17) is 0 Å². The SMILES string of the molecule is CCCC1(CNCC2CCCC(C)C2)CC1. The summed E-state index contributed by atoms with van der Waals surface area (Å²) in [5.74, 6) is 1.95. The first kappa shape index (κ1) is 12.4. The van der Waals surface area contributed by atoms with Crippen LogP contribution in [0.2, 0.25) is 0 Å². The molecule has 1 nitrogen and oxygen atoms in total. The normalized spacial score (nSPS) is 32.6. The van der Waals surface area contributed by atoms with Gasteiger partial charge >= 0.3 is 0 Å². The van der Waals surface area contributed by atoms with Gasteiger partial charge in [0.05, 0.1) is 0 Å². The van der Waals surface area contributed by atoms with E-state index in [2.05, 4.69) is 19.2 Å². The Morgan fingerprint density at radius 2 is 2.06 bits per heavy atom. The van der Waals surface area contributed by atoms with E-state index in [0.717, 1.165) is 17.3 Å². The minimum Gasteiger partial charge on any atom is -0.316 e. The Kier molecular flexibility index (Phi) is 4.29. The number of hydrogen-bond acceptors (Lipinski definition) is 1. The van der Waals surface area contributed by atoms with Crippen LogP contribution in [-0.2, 0) is 0 Å². The first-order valence-electron chi connectivity index (χ1n) is 7.45. The predicted octanol–water partition coefficient (Wildman–Crippen LogP) is 3.98. The fourth-order valence-corrected chi connectivity index (χ4v) is 3.51. The highest BCUT2D eigenvalue weighted by Crippen LogP contribution is 2.48. The van der Waals surface area contributed by atoms with Crippen LogP contribution in [0.1, 0.15) is 65.2 Å². The monoisotopic (exact) mass is 223 g/mol. The van der Waals surface area contributed by atoms with E-state index >= 15 is 0 Å². The average molecular weight is 223 g/mol. The van der Waals surface area contributed by atoms with Crippen molar-refractivity contribution in [1.29, 1.82) is 0 Å². The minimum absolute atomic E-state index is 0.731. The zero-order chi connectivity index (χ0) is 11.4. The van der Waals surface area contributed by atoms with E-state index in [-0.39, 0.29) is 0 Å². The molecule has 0 aromatic carbocycles. The molecule has 1 heteroatoms. The minimum atomic E-state index is 0.731. The van der Waals surface area contributed by atoms with Gasteiger partial charge in [-0.25, -0.2) is 0 Å². The maximum absolute atomic E-state index is 3.76. The van der Waals surface area contributed by atoms with Gasteiger partial charge in [0.2, 0.25) is 0 Å². The lowest BCUT2D eigenvalue weighted by molar-refractivity contribution is 0.267. The largest absolute Gasteiger partial charge is 0.316 e. The smallest absolute Gasteiger partial charge is 0.000793 e. The topological polar surface area (TPSA) is 12.0 Å². The van der Waals surface area contributed by atoms with Gasteiger partial charge in [0.25, 0.3) is 0 Å². The Labute approximate surface area is 101 Å². The molecule has 0 aliphatic heterocycles. The van der Waals surface area contributed by atoms with Gasteiger partial charge in [0.1, 0.15) is 0 Å². The summed E-state index contributed by atoms with van der Waals surface area (Å²) in [6.45, 7) is 7.33. The fraction of sp³-hybridized carbons (Fsp3) is 1.00. The molecule has 2 rings (SSSR count). The molecule has 0 heterocycles. The Morgan fingerprint density at radius 1 is 1.25 bits per heavy atom. The first-order valence-corrected chi connectivity index (χ1v) is 7.45. The maximum Gasteiger partial charge on any atom is 0.000793 e. The van der Waals surface area contributed by atoms with Crippen LogP contribution in [0.3, 0.4) is 0 Å². The molecule has 2 atom stereocenters. The van der Waals surface area contributed by atoms with Crippen LogP contribution >= 0.6 is 0 Å². The van der Waals surface area contributed by atoms with E-state index in [0.29, 0.717) is 0 Å². The Hall–Kier alpha value is -0.0400. The van der Waals surface area contributed by atoms with E-state index in [1.54, 1.807) is 0 Å². The maximum atomic E-state index is 3.76. The van der Waals surface area contributed by atoms with Crippen molar-refractivity contribution in [3.8, 4) is 0 Å². The molecule has 2 unspecified atom stereocenters. The van der Waals surface area contributed by atoms with E-state index < -0.39 is 0 Å². The van der Waals surface area contributed by atoms with Crippen LogP contribution < -0.4 is 5.32 Å². The van der Waals surface area contributed by atoms with Gasteiger partial charge in [0.15, 0.2) is 0 Å². The zero-order valence-electron chi connectivity index (χ0n) is 11.2. The summed E-state index contributed by atoms with van der Waals surface area (Å²) in [5.41, 5.74) is 0.731. The highest BCUT2D eigenvalue weighted by Gasteiger charge is 2.40. The van der Waals surface area contributed by atoms with Crippen LogP contribution in [0.25, 0.3) is 0 Å². The van der Waals surface area contributed by atoms with Crippen LogP contribution in [0.4, 0.5) is 0 Å².